The van der Waals surface area contributed by atoms with Gasteiger partial charge in [-0.1, -0.05) is 57.2 Å². The van der Waals surface area contributed by atoms with Gasteiger partial charge < -0.3 is 14.7 Å². The summed E-state index contributed by atoms with van der Waals surface area (Å²) in [6.07, 6.45) is 2.31. The van der Waals surface area contributed by atoms with Crippen LogP contribution in [0.5, 0.6) is 5.75 Å². The SMILES string of the molecule is CC(C)(C)SC1c2cc(OCc3ccccn3)ccc2N(Cc2ccccc2)C1CC(C)(C)C(=O)O. The molecule has 190 valence electrons. The van der Waals surface area contributed by atoms with Crippen molar-refractivity contribution in [1.29, 1.82) is 0 Å². The van der Waals surface area contributed by atoms with Gasteiger partial charge in [-0.05, 0) is 61.7 Å². The third-order valence-electron chi connectivity index (χ3n) is 6.45. The summed E-state index contributed by atoms with van der Waals surface area (Å²) in [7, 11) is 0. The number of nitrogens with zero attached hydrogens (tertiary/aromatic N) is 2. The van der Waals surface area contributed by atoms with Crippen LogP contribution >= 0.6 is 11.8 Å². The second-order valence-electron chi connectivity index (χ2n) is 11.1. The van der Waals surface area contributed by atoms with Crippen molar-refractivity contribution in [2.24, 2.45) is 5.41 Å². The van der Waals surface area contributed by atoms with Crippen molar-refractivity contribution in [3.63, 3.8) is 0 Å². The summed E-state index contributed by atoms with van der Waals surface area (Å²) in [6, 6.07) is 22.5. The molecule has 0 aliphatic carbocycles. The molecule has 1 aromatic heterocycles. The van der Waals surface area contributed by atoms with Crippen LogP contribution < -0.4 is 9.64 Å². The lowest BCUT2D eigenvalue weighted by Gasteiger charge is -2.36. The van der Waals surface area contributed by atoms with E-state index < -0.39 is 11.4 Å². The van der Waals surface area contributed by atoms with Gasteiger partial charge in [-0.25, -0.2) is 0 Å². The molecular formula is C30H36N2O3S. The van der Waals surface area contributed by atoms with Crippen LogP contribution in [-0.2, 0) is 17.9 Å². The second kappa shape index (κ2) is 10.6. The van der Waals surface area contributed by atoms with Gasteiger partial charge in [0.05, 0.1) is 16.4 Å². The van der Waals surface area contributed by atoms with Crippen molar-refractivity contribution in [2.45, 2.75) is 70.2 Å². The number of carbonyl (C=O) groups is 1. The van der Waals surface area contributed by atoms with Gasteiger partial charge in [0.1, 0.15) is 12.4 Å². The smallest absolute Gasteiger partial charge is 0.309 e. The van der Waals surface area contributed by atoms with Crippen LogP contribution in [0.15, 0.2) is 72.9 Å². The van der Waals surface area contributed by atoms with E-state index in [0.29, 0.717) is 13.0 Å². The van der Waals surface area contributed by atoms with E-state index in [0.717, 1.165) is 23.7 Å². The molecule has 0 fully saturated rings. The van der Waals surface area contributed by atoms with E-state index >= 15 is 0 Å². The first-order valence-corrected chi connectivity index (χ1v) is 13.3. The van der Waals surface area contributed by atoms with E-state index in [1.807, 2.05) is 55.9 Å². The van der Waals surface area contributed by atoms with Gasteiger partial charge in [0.2, 0.25) is 0 Å². The number of anilines is 1. The van der Waals surface area contributed by atoms with Gasteiger partial charge in [-0.2, -0.15) is 0 Å². The van der Waals surface area contributed by atoms with Crippen molar-refractivity contribution < 1.29 is 14.6 Å². The molecule has 2 atom stereocenters. The summed E-state index contributed by atoms with van der Waals surface area (Å²) in [6.45, 7) is 11.5. The number of fused-ring (bicyclic) bond motifs is 1. The van der Waals surface area contributed by atoms with Crippen molar-refractivity contribution in [3.05, 3.63) is 89.7 Å². The summed E-state index contributed by atoms with van der Waals surface area (Å²) in [5.74, 6) is 0.0359. The minimum Gasteiger partial charge on any atom is -0.487 e. The quantitative estimate of drug-likeness (QED) is 0.335. The van der Waals surface area contributed by atoms with Crippen molar-refractivity contribution in [3.8, 4) is 5.75 Å². The lowest BCUT2D eigenvalue weighted by Crippen LogP contribution is -2.40. The van der Waals surface area contributed by atoms with Gasteiger partial charge in [0.25, 0.3) is 0 Å². The Morgan fingerprint density at radius 2 is 1.75 bits per heavy atom. The summed E-state index contributed by atoms with van der Waals surface area (Å²) >= 11 is 1.90. The molecular weight excluding hydrogens is 468 g/mol. The summed E-state index contributed by atoms with van der Waals surface area (Å²) < 4.78 is 6.14. The van der Waals surface area contributed by atoms with Crippen LogP contribution in [0.3, 0.4) is 0 Å². The molecule has 3 aromatic rings. The molecule has 2 unspecified atom stereocenters. The molecule has 0 saturated carbocycles. The van der Waals surface area contributed by atoms with Crippen LogP contribution in [0.2, 0.25) is 0 Å². The zero-order chi connectivity index (χ0) is 25.9. The maximum absolute atomic E-state index is 12.2. The fourth-order valence-electron chi connectivity index (χ4n) is 4.63. The molecule has 0 bridgehead atoms. The van der Waals surface area contributed by atoms with Gasteiger partial charge in [0.15, 0.2) is 0 Å². The van der Waals surface area contributed by atoms with E-state index in [-0.39, 0.29) is 16.0 Å². The van der Waals surface area contributed by atoms with Crippen molar-refractivity contribution >= 4 is 23.4 Å². The maximum atomic E-state index is 12.2. The molecule has 6 heteroatoms. The summed E-state index contributed by atoms with van der Waals surface area (Å²) in [5.41, 5.74) is 3.59. The molecule has 4 rings (SSSR count). The number of carboxylic acids is 1. The lowest BCUT2D eigenvalue weighted by atomic mass is 9.84. The average Bonchev–Trinajstić information content (AvgIpc) is 3.09. The Morgan fingerprint density at radius 1 is 1.03 bits per heavy atom. The largest absolute Gasteiger partial charge is 0.487 e. The fourth-order valence-corrected chi connectivity index (χ4v) is 6.11. The van der Waals surface area contributed by atoms with E-state index in [1.165, 1.54) is 11.1 Å². The molecule has 36 heavy (non-hydrogen) atoms. The molecule has 0 saturated heterocycles. The predicted octanol–water partition coefficient (Wildman–Crippen LogP) is 7.12. The number of hydrogen-bond acceptors (Lipinski definition) is 5. The number of aliphatic carboxylic acids is 1. The number of benzene rings is 2. The molecule has 0 spiro atoms. The molecule has 2 heterocycles. The first kappa shape index (κ1) is 26.1. The third-order valence-corrected chi connectivity index (χ3v) is 7.98. The number of aromatic nitrogens is 1. The first-order valence-electron chi connectivity index (χ1n) is 12.4. The van der Waals surface area contributed by atoms with Gasteiger partial charge in [-0.3, -0.25) is 9.78 Å². The Labute approximate surface area is 218 Å². The molecule has 2 aromatic carbocycles. The second-order valence-corrected chi connectivity index (χ2v) is 13.0. The predicted molar refractivity (Wildman–Crippen MR) is 148 cm³/mol. The lowest BCUT2D eigenvalue weighted by molar-refractivity contribution is -0.147. The van der Waals surface area contributed by atoms with E-state index in [2.05, 4.69) is 67.1 Å². The molecule has 5 nitrogen and oxygen atoms in total. The maximum Gasteiger partial charge on any atom is 0.309 e. The van der Waals surface area contributed by atoms with E-state index in [4.69, 9.17) is 4.74 Å². The number of hydrogen-bond donors (Lipinski definition) is 1. The number of pyridine rings is 1. The third kappa shape index (κ3) is 6.22. The van der Waals surface area contributed by atoms with Crippen LogP contribution in [0, 0.1) is 5.41 Å². The molecule has 1 aliphatic rings. The normalized spacial score (nSPS) is 17.6. The standard InChI is InChI=1S/C30H36N2O3S/c1-29(2,3)36-27-24-17-23(35-20-22-13-9-10-16-31-22)14-15-25(24)32(19-21-11-7-6-8-12-21)26(27)18-30(4,5)28(33)34/h6-17,26-27H,18-20H2,1-5H3,(H,33,34). The zero-order valence-electron chi connectivity index (χ0n) is 21.8. The number of thioether (sulfide) groups is 1. The van der Waals surface area contributed by atoms with Crippen LogP contribution in [-0.4, -0.2) is 26.8 Å². The highest BCUT2D eigenvalue weighted by Crippen LogP contribution is 2.54. The topological polar surface area (TPSA) is 62.7 Å². The average molecular weight is 505 g/mol. The Bertz CT molecular complexity index is 1180. The van der Waals surface area contributed by atoms with Crippen LogP contribution in [0.25, 0.3) is 0 Å². The monoisotopic (exact) mass is 504 g/mol. The van der Waals surface area contributed by atoms with Crippen LogP contribution in [0.1, 0.15) is 63.1 Å². The van der Waals surface area contributed by atoms with Gasteiger partial charge in [-0.15, -0.1) is 11.8 Å². The zero-order valence-corrected chi connectivity index (χ0v) is 22.6. The first-order chi connectivity index (χ1) is 17.0. The molecule has 1 N–H and O–H groups in total. The summed E-state index contributed by atoms with van der Waals surface area (Å²) in [4.78, 5) is 18.9. The van der Waals surface area contributed by atoms with Crippen LogP contribution in [0.4, 0.5) is 5.69 Å². The van der Waals surface area contributed by atoms with Gasteiger partial charge >= 0.3 is 5.97 Å². The fraction of sp³-hybridized carbons (Fsp3) is 0.400. The minimum absolute atomic E-state index is 0.00112. The Balaban J connectivity index is 1.72. The Kier molecular flexibility index (Phi) is 7.65. The molecule has 0 amide bonds. The number of rotatable bonds is 9. The number of carboxylic acid groups (broad SMARTS) is 1. The Morgan fingerprint density at radius 3 is 2.39 bits per heavy atom. The number of ether oxygens (including phenoxy) is 1. The highest BCUT2D eigenvalue weighted by atomic mass is 32.2. The minimum atomic E-state index is -0.851. The molecule has 1 aliphatic heterocycles. The van der Waals surface area contributed by atoms with Crippen molar-refractivity contribution in [2.75, 3.05) is 4.90 Å². The highest BCUT2D eigenvalue weighted by molar-refractivity contribution is 8.00. The summed E-state index contributed by atoms with van der Waals surface area (Å²) in [5, 5.41) is 10.1. The Hall–Kier alpha value is -2.99. The molecule has 0 radical (unpaired) electrons. The van der Waals surface area contributed by atoms with E-state index in [9.17, 15) is 9.90 Å². The van der Waals surface area contributed by atoms with E-state index in [1.54, 1.807) is 6.20 Å². The van der Waals surface area contributed by atoms with Gasteiger partial charge in [0, 0.05) is 29.2 Å². The highest BCUT2D eigenvalue weighted by Gasteiger charge is 2.45. The van der Waals surface area contributed by atoms with Crippen molar-refractivity contribution in [1.82, 2.24) is 4.98 Å².